The van der Waals surface area contributed by atoms with Gasteiger partial charge in [-0.1, -0.05) is 0 Å². The number of nitrogens with zero attached hydrogens (tertiary/aromatic N) is 1. The Morgan fingerprint density at radius 3 is 2.47 bits per heavy atom. The monoisotopic (exact) mass is 245 g/mol. The molecule has 0 aromatic heterocycles. The summed E-state index contributed by atoms with van der Waals surface area (Å²) in [6.45, 7) is 1.75. The van der Waals surface area contributed by atoms with Crippen LogP contribution in [0.15, 0.2) is 4.99 Å². The first-order chi connectivity index (χ1) is 7.84. The number of carbonyl (C=O) groups excluding carboxylic acids is 1. The van der Waals surface area contributed by atoms with Gasteiger partial charge in [-0.05, 0) is 19.8 Å². The molecule has 0 saturated carbocycles. The number of aliphatic carboxylic acids is 1. The van der Waals surface area contributed by atoms with Crippen molar-refractivity contribution in [3.8, 4) is 0 Å². The topological polar surface area (TPSA) is 157 Å². The molecular weight excluding hydrogens is 226 g/mol. The van der Waals surface area contributed by atoms with Crippen LogP contribution in [0.25, 0.3) is 0 Å². The summed E-state index contributed by atoms with van der Waals surface area (Å²) in [6.07, 6.45) is 0.933. The lowest BCUT2D eigenvalue weighted by atomic mass is 10.1. The van der Waals surface area contributed by atoms with Crippen LogP contribution in [0.5, 0.6) is 0 Å². The predicted octanol–water partition coefficient (Wildman–Crippen LogP) is -2.04. The summed E-state index contributed by atoms with van der Waals surface area (Å²) in [6, 6.07) is -1.71. The van der Waals surface area contributed by atoms with E-state index in [2.05, 4.69) is 10.3 Å². The summed E-state index contributed by atoms with van der Waals surface area (Å²) in [4.78, 5) is 25.6. The third kappa shape index (κ3) is 7.12. The number of carboxylic acid groups (broad SMARTS) is 1. The molecule has 98 valence electrons. The van der Waals surface area contributed by atoms with E-state index in [4.69, 9.17) is 22.3 Å². The van der Waals surface area contributed by atoms with Gasteiger partial charge in [-0.25, -0.2) is 0 Å². The van der Waals surface area contributed by atoms with Crippen molar-refractivity contribution in [3.63, 3.8) is 0 Å². The summed E-state index contributed by atoms with van der Waals surface area (Å²) in [5.41, 5.74) is 15.8. The van der Waals surface area contributed by atoms with E-state index in [1.54, 1.807) is 0 Å². The van der Waals surface area contributed by atoms with E-state index in [0.29, 0.717) is 19.4 Å². The molecule has 0 fully saturated rings. The van der Waals surface area contributed by atoms with Gasteiger partial charge in [0.15, 0.2) is 5.96 Å². The van der Waals surface area contributed by atoms with Crippen LogP contribution in [0.4, 0.5) is 0 Å². The average molecular weight is 245 g/mol. The zero-order valence-corrected chi connectivity index (χ0v) is 9.72. The zero-order valence-electron chi connectivity index (χ0n) is 9.72. The molecule has 17 heavy (non-hydrogen) atoms. The maximum absolute atomic E-state index is 11.4. The van der Waals surface area contributed by atoms with E-state index < -0.39 is 24.0 Å². The molecule has 8 N–H and O–H groups in total. The predicted molar refractivity (Wildman–Crippen MR) is 63.1 cm³/mol. The number of aliphatic imine (C=N–C) groups is 1. The van der Waals surface area contributed by atoms with E-state index in [0.717, 1.165) is 0 Å². The fourth-order valence-corrected chi connectivity index (χ4v) is 1.03. The Hall–Kier alpha value is -1.83. The second-order valence-corrected chi connectivity index (χ2v) is 3.62. The quantitative estimate of drug-likeness (QED) is 0.197. The van der Waals surface area contributed by atoms with Crippen molar-refractivity contribution in [1.29, 1.82) is 0 Å². The van der Waals surface area contributed by atoms with Gasteiger partial charge in [0, 0.05) is 6.54 Å². The largest absolute Gasteiger partial charge is 0.480 e. The van der Waals surface area contributed by atoms with Crippen LogP contribution < -0.4 is 22.5 Å². The number of hydrogen-bond donors (Lipinski definition) is 5. The summed E-state index contributed by atoms with van der Waals surface area (Å²) >= 11 is 0. The first-order valence-electron chi connectivity index (χ1n) is 5.18. The molecule has 0 rings (SSSR count). The van der Waals surface area contributed by atoms with Crippen molar-refractivity contribution in [2.24, 2.45) is 22.2 Å². The Labute approximate surface area is 99.2 Å². The van der Waals surface area contributed by atoms with Crippen LogP contribution in [0.3, 0.4) is 0 Å². The van der Waals surface area contributed by atoms with Gasteiger partial charge in [-0.15, -0.1) is 0 Å². The van der Waals surface area contributed by atoms with Crippen LogP contribution >= 0.6 is 0 Å². The van der Waals surface area contributed by atoms with Gasteiger partial charge in [0.2, 0.25) is 5.91 Å². The van der Waals surface area contributed by atoms with Gasteiger partial charge < -0.3 is 27.6 Å². The highest BCUT2D eigenvalue weighted by molar-refractivity contribution is 5.86. The number of carbonyl (C=O) groups is 2. The third-order valence-corrected chi connectivity index (χ3v) is 2.03. The molecule has 0 bridgehead atoms. The van der Waals surface area contributed by atoms with Crippen molar-refractivity contribution < 1.29 is 14.7 Å². The lowest BCUT2D eigenvalue weighted by Gasteiger charge is -2.14. The SMILES string of the molecule is C[C@H](NC(=O)[C@H](N)CCCN=C(N)N)C(=O)O. The summed E-state index contributed by atoms with van der Waals surface area (Å²) in [5, 5.41) is 10.9. The van der Waals surface area contributed by atoms with Crippen LogP contribution in [-0.4, -0.2) is 41.6 Å². The van der Waals surface area contributed by atoms with Crippen molar-refractivity contribution >= 4 is 17.8 Å². The molecule has 0 aliphatic rings. The molecule has 0 heterocycles. The summed E-state index contributed by atoms with van der Waals surface area (Å²) in [7, 11) is 0. The first kappa shape index (κ1) is 15.2. The van der Waals surface area contributed by atoms with Crippen molar-refractivity contribution in [3.05, 3.63) is 0 Å². The number of amides is 1. The van der Waals surface area contributed by atoms with Crippen molar-refractivity contribution in [1.82, 2.24) is 5.32 Å². The van der Waals surface area contributed by atoms with Gasteiger partial charge in [-0.3, -0.25) is 14.6 Å². The Morgan fingerprint density at radius 2 is 2.00 bits per heavy atom. The molecule has 0 aliphatic carbocycles. The van der Waals surface area contributed by atoms with Crippen LogP contribution in [-0.2, 0) is 9.59 Å². The maximum Gasteiger partial charge on any atom is 0.325 e. The second-order valence-electron chi connectivity index (χ2n) is 3.62. The molecule has 1 amide bonds. The van der Waals surface area contributed by atoms with E-state index in [9.17, 15) is 9.59 Å². The highest BCUT2D eigenvalue weighted by Gasteiger charge is 2.18. The number of hydrogen-bond acceptors (Lipinski definition) is 4. The number of rotatable bonds is 7. The maximum atomic E-state index is 11.4. The van der Waals surface area contributed by atoms with E-state index >= 15 is 0 Å². The van der Waals surface area contributed by atoms with Crippen LogP contribution in [0.2, 0.25) is 0 Å². The van der Waals surface area contributed by atoms with Gasteiger partial charge in [0.1, 0.15) is 6.04 Å². The normalized spacial score (nSPS) is 13.5. The van der Waals surface area contributed by atoms with Gasteiger partial charge >= 0.3 is 5.97 Å². The molecule has 0 aromatic carbocycles. The second kappa shape index (κ2) is 7.44. The first-order valence-corrected chi connectivity index (χ1v) is 5.18. The molecular formula is C9H19N5O3. The molecule has 0 aromatic rings. The van der Waals surface area contributed by atoms with Crippen LogP contribution in [0.1, 0.15) is 19.8 Å². The minimum Gasteiger partial charge on any atom is -0.480 e. The molecule has 8 nitrogen and oxygen atoms in total. The highest BCUT2D eigenvalue weighted by atomic mass is 16.4. The van der Waals surface area contributed by atoms with Crippen molar-refractivity contribution in [2.75, 3.05) is 6.54 Å². The molecule has 0 radical (unpaired) electrons. The number of nitrogens with two attached hydrogens (primary N) is 3. The Morgan fingerprint density at radius 1 is 1.41 bits per heavy atom. The Balaban J connectivity index is 3.90. The van der Waals surface area contributed by atoms with Gasteiger partial charge in [0.05, 0.1) is 6.04 Å². The standard InChI is InChI=1S/C9H19N5O3/c1-5(8(16)17)14-7(15)6(10)3-2-4-13-9(11)12/h5-6H,2-4,10H2,1H3,(H,14,15)(H,16,17)(H4,11,12,13)/t5-,6+/m0/s1. The molecule has 0 spiro atoms. The smallest absolute Gasteiger partial charge is 0.325 e. The lowest BCUT2D eigenvalue weighted by Crippen LogP contribution is -2.47. The molecule has 0 aliphatic heterocycles. The molecule has 8 heteroatoms. The fourth-order valence-electron chi connectivity index (χ4n) is 1.03. The number of guanidine groups is 1. The minimum absolute atomic E-state index is 0.0116. The van der Waals surface area contributed by atoms with Gasteiger partial charge in [0.25, 0.3) is 0 Å². The highest BCUT2D eigenvalue weighted by Crippen LogP contribution is 1.96. The van der Waals surface area contributed by atoms with E-state index in [1.165, 1.54) is 6.92 Å². The van der Waals surface area contributed by atoms with E-state index in [-0.39, 0.29) is 5.96 Å². The fraction of sp³-hybridized carbons (Fsp3) is 0.667. The summed E-state index contributed by atoms with van der Waals surface area (Å²) < 4.78 is 0. The lowest BCUT2D eigenvalue weighted by molar-refractivity contribution is -0.141. The number of nitrogens with one attached hydrogen (secondary N) is 1. The van der Waals surface area contributed by atoms with Crippen molar-refractivity contribution in [2.45, 2.75) is 31.8 Å². The Kier molecular flexibility index (Phi) is 6.64. The van der Waals surface area contributed by atoms with Gasteiger partial charge in [-0.2, -0.15) is 0 Å². The zero-order chi connectivity index (χ0) is 13.4. The molecule has 0 unspecified atom stereocenters. The van der Waals surface area contributed by atoms with Crippen LogP contribution in [0, 0.1) is 0 Å². The third-order valence-electron chi connectivity index (χ3n) is 2.03. The molecule has 2 atom stereocenters. The van der Waals surface area contributed by atoms with E-state index in [1.807, 2.05) is 0 Å². The summed E-state index contributed by atoms with van der Waals surface area (Å²) in [5.74, 6) is -1.61. The minimum atomic E-state index is -1.11. The Bertz CT molecular complexity index is 301. The number of carboxylic acids is 1. The molecule has 0 saturated heterocycles. The average Bonchev–Trinajstić information content (AvgIpc) is 2.23.